The first-order valence-electron chi connectivity index (χ1n) is 7.68. The number of ether oxygens (including phenoxy) is 1. The molecule has 2 rings (SSSR count). The molecule has 0 saturated carbocycles. The molecule has 1 fully saturated rings. The van der Waals surface area contributed by atoms with Crippen LogP contribution >= 0.6 is 0 Å². The Morgan fingerprint density at radius 2 is 1.86 bits per heavy atom. The second kappa shape index (κ2) is 6.32. The van der Waals surface area contributed by atoms with E-state index in [1.54, 1.807) is 12.1 Å². The standard InChI is InChI=1S/C17H27FN2O/c1-12-10-20(11-13(2)21-12)16-7-6-15(18)8-14(16)9-19-17(3,4)5/h6-8,12-13,19H,9-11H2,1-5H3. The van der Waals surface area contributed by atoms with E-state index in [0.717, 1.165) is 24.3 Å². The maximum Gasteiger partial charge on any atom is 0.123 e. The Balaban J connectivity index is 2.21. The zero-order chi connectivity index (χ0) is 15.6. The van der Waals surface area contributed by atoms with E-state index in [4.69, 9.17) is 4.74 Å². The van der Waals surface area contributed by atoms with E-state index in [0.29, 0.717) is 6.54 Å². The molecule has 1 heterocycles. The lowest BCUT2D eigenvalue weighted by atomic mass is 10.1. The zero-order valence-corrected chi connectivity index (χ0v) is 13.7. The molecule has 1 saturated heterocycles. The lowest BCUT2D eigenvalue weighted by Gasteiger charge is -2.38. The van der Waals surface area contributed by atoms with Crippen LogP contribution in [-0.2, 0) is 11.3 Å². The SMILES string of the molecule is CC1CN(c2ccc(F)cc2CNC(C)(C)C)CC(C)O1. The number of hydrogen-bond acceptors (Lipinski definition) is 3. The van der Waals surface area contributed by atoms with Gasteiger partial charge in [0.25, 0.3) is 0 Å². The van der Waals surface area contributed by atoms with Crippen LogP contribution in [-0.4, -0.2) is 30.8 Å². The minimum absolute atomic E-state index is 0.00911. The Morgan fingerprint density at radius 3 is 2.43 bits per heavy atom. The number of hydrogen-bond donors (Lipinski definition) is 1. The van der Waals surface area contributed by atoms with Crippen LogP contribution in [0.5, 0.6) is 0 Å². The molecule has 4 heteroatoms. The predicted molar refractivity (Wildman–Crippen MR) is 85.2 cm³/mol. The molecule has 1 aromatic rings. The van der Waals surface area contributed by atoms with E-state index in [1.165, 1.54) is 0 Å². The van der Waals surface area contributed by atoms with E-state index in [9.17, 15) is 4.39 Å². The van der Waals surface area contributed by atoms with Crippen LogP contribution in [0.15, 0.2) is 18.2 Å². The summed E-state index contributed by atoms with van der Waals surface area (Å²) in [6.07, 6.45) is 0.393. The van der Waals surface area contributed by atoms with Crippen molar-refractivity contribution in [2.45, 2.75) is 58.9 Å². The Hall–Kier alpha value is -1.13. The molecule has 1 N–H and O–H groups in total. The van der Waals surface area contributed by atoms with Crippen LogP contribution in [0.4, 0.5) is 10.1 Å². The third-order valence-electron chi connectivity index (χ3n) is 3.61. The molecule has 0 aromatic heterocycles. The van der Waals surface area contributed by atoms with E-state index >= 15 is 0 Å². The van der Waals surface area contributed by atoms with Crippen molar-refractivity contribution in [3.05, 3.63) is 29.6 Å². The summed E-state index contributed by atoms with van der Waals surface area (Å²) in [5.41, 5.74) is 2.12. The molecular formula is C17H27FN2O. The van der Waals surface area contributed by atoms with Gasteiger partial charge in [-0.1, -0.05) is 0 Å². The summed E-state index contributed by atoms with van der Waals surface area (Å²) < 4.78 is 19.4. The summed E-state index contributed by atoms with van der Waals surface area (Å²) in [5.74, 6) is -0.182. The summed E-state index contributed by atoms with van der Waals surface area (Å²) in [6.45, 7) is 12.9. The molecule has 2 unspecified atom stereocenters. The van der Waals surface area contributed by atoms with Gasteiger partial charge in [-0.3, -0.25) is 0 Å². The van der Waals surface area contributed by atoms with E-state index < -0.39 is 0 Å². The first-order valence-corrected chi connectivity index (χ1v) is 7.68. The topological polar surface area (TPSA) is 24.5 Å². The van der Waals surface area contributed by atoms with Crippen molar-refractivity contribution in [1.29, 1.82) is 0 Å². The summed E-state index contributed by atoms with van der Waals surface area (Å²) in [5, 5.41) is 3.44. The van der Waals surface area contributed by atoms with Crippen LogP contribution in [0.2, 0.25) is 0 Å². The number of nitrogens with zero attached hydrogens (tertiary/aromatic N) is 1. The molecule has 0 amide bonds. The minimum atomic E-state index is -0.182. The molecule has 118 valence electrons. The van der Waals surface area contributed by atoms with Gasteiger partial charge in [-0.05, 0) is 58.4 Å². The van der Waals surface area contributed by atoms with Gasteiger partial charge < -0.3 is 15.0 Å². The van der Waals surface area contributed by atoms with Gasteiger partial charge in [0.2, 0.25) is 0 Å². The summed E-state index contributed by atoms with van der Waals surface area (Å²) >= 11 is 0. The van der Waals surface area contributed by atoms with Gasteiger partial charge in [-0.15, -0.1) is 0 Å². The number of nitrogens with one attached hydrogen (secondary N) is 1. The number of morpholine rings is 1. The highest BCUT2D eigenvalue weighted by Crippen LogP contribution is 2.26. The lowest BCUT2D eigenvalue weighted by molar-refractivity contribution is -0.00527. The fourth-order valence-corrected chi connectivity index (χ4v) is 2.74. The van der Waals surface area contributed by atoms with Crippen molar-refractivity contribution >= 4 is 5.69 Å². The molecule has 0 bridgehead atoms. The van der Waals surface area contributed by atoms with Gasteiger partial charge in [-0.2, -0.15) is 0 Å². The monoisotopic (exact) mass is 294 g/mol. The second-order valence-electron chi connectivity index (χ2n) is 7.04. The maximum absolute atomic E-state index is 13.6. The lowest BCUT2D eigenvalue weighted by Crippen LogP contribution is -2.46. The fraction of sp³-hybridized carbons (Fsp3) is 0.647. The first kappa shape index (κ1) is 16.2. The predicted octanol–water partition coefficient (Wildman–Crippen LogP) is 3.33. The molecule has 1 aliphatic rings. The van der Waals surface area contributed by atoms with Crippen molar-refractivity contribution in [3.8, 4) is 0 Å². The first-order chi connectivity index (χ1) is 9.74. The molecule has 0 radical (unpaired) electrons. The minimum Gasteiger partial charge on any atom is -0.372 e. The van der Waals surface area contributed by atoms with Crippen molar-refractivity contribution < 1.29 is 9.13 Å². The number of halogens is 1. The quantitative estimate of drug-likeness (QED) is 0.925. The van der Waals surface area contributed by atoms with Crippen LogP contribution in [0, 0.1) is 5.82 Å². The van der Waals surface area contributed by atoms with Crippen molar-refractivity contribution in [2.24, 2.45) is 0 Å². The average Bonchev–Trinajstić information content (AvgIpc) is 2.34. The fourth-order valence-electron chi connectivity index (χ4n) is 2.74. The Kier molecular flexibility index (Phi) is 4.89. The summed E-state index contributed by atoms with van der Waals surface area (Å²) in [4.78, 5) is 2.30. The molecule has 2 atom stereocenters. The number of rotatable bonds is 3. The average molecular weight is 294 g/mol. The summed E-state index contributed by atoms with van der Waals surface area (Å²) in [6, 6.07) is 5.07. The van der Waals surface area contributed by atoms with E-state index in [-0.39, 0.29) is 23.6 Å². The Labute approximate surface area is 127 Å². The van der Waals surface area contributed by atoms with Gasteiger partial charge in [0, 0.05) is 30.9 Å². The largest absolute Gasteiger partial charge is 0.372 e. The highest BCUT2D eigenvalue weighted by molar-refractivity contribution is 5.54. The number of anilines is 1. The molecule has 21 heavy (non-hydrogen) atoms. The molecular weight excluding hydrogens is 267 g/mol. The van der Waals surface area contributed by atoms with Gasteiger partial charge in [-0.25, -0.2) is 4.39 Å². The van der Waals surface area contributed by atoms with Gasteiger partial charge in [0.05, 0.1) is 12.2 Å². The van der Waals surface area contributed by atoms with E-state index in [1.807, 2.05) is 6.07 Å². The maximum atomic E-state index is 13.6. The van der Waals surface area contributed by atoms with Crippen LogP contribution in [0.25, 0.3) is 0 Å². The third kappa shape index (κ3) is 4.68. The molecule has 0 spiro atoms. The van der Waals surface area contributed by atoms with Gasteiger partial charge in [0.1, 0.15) is 5.82 Å². The van der Waals surface area contributed by atoms with Gasteiger partial charge in [0.15, 0.2) is 0 Å². The Morgan fingerprint density at radius 1 is 1.24 bits per heavy atom. The normalized spacial score (nSPS) is 23.4. The molecule has 1 aliphatic heterocycles. The highest BCUT2D eigenvalue weighted by atomic mass is 19.1. The summed E-state index contributed by atoms with van der Waals surface area (Å²) in [7, 11) is 0. The molecule has 0 aliphatic carbocycles. The van der Waals surface area contributed by atoms with Crippen molar-refractivity contribution in [3.63, 3.8) is 0 Å². The molecule has 1 aromatic carbocycles. The smallest absolute Gasteiger partial charge is 0.123 e. The van der Waals surface area contributed by atoms with Crippen molar-refractivity contribution in [2.75, 3.05) is 18.0 Å². The zero-order valence-electron chi connectivity index (χ0n) is 13.7. The van der Waals surface area contributed by atoms with E-state index in [2.05, 4.69) is 44.8 Å². The van der Waals surface area contributed by atoms with Crippen molar-refractivity contribution in [1.82, 2.24) is 5.32 Å². The third-order valence-corrected chi connectivity index (χ3v) is 3.61. The van der Waals surface area contributed by atoms with Crippen LogP contribution in [0.3, 0.4) is 0 Å². The van der Waals surface area contributed by atoms with Crippen LogP contribution in [0.1, 0.15) is 40.2 Å². The highest BCUT2D eigenvalue weighted by Gasteiger charge is 2.24. The van der Waals surface area contributed by atoms with Gasteiger partial charge >= 0.3 is 0 Å². The number of benzene rings is 1. The molecule has 3 nitrogen and oxygen atoms in total. The Bertz CT molecular complexity index is 474. The van der Waals surface area contributed by atoms with Crippen LogP contribution < -0.4 is 10.2 Å². The second-order valence-corrected chi connectivity index (χ2v) is 7.04.